The molecule has 4 rings (SSSR count). The number of methoxy groups -OCH3 is 1. The van der Waals surface area contributed by atoms with Gasteiger partial charge >= 0.3 is 5.97 Å². The second kappa shape index (κ2) is 7.24. The van der Waals surface area contributed by atoms with Crippen LogP contribution >= 0.6 is 17.0 Å². The summed E-state index contributed by atoms with van der Waals surface area (Å²) in [4.78, 5) is 16.9. The summed E-state index contributed by atoms with van der Waals surface area (Å²) in [5.41, 5.74) is 1.63. The van der Waals surface area contributed by atoms with Gasteiger partial charge in [0.15, 0.2) is 0 Å². The Bertz CT molecular complexity index is 482. The lowest BCUT2D eigenvalue weighted by Crippen LogP contribution is -2.59. The maximum atomic E-state index is 11.8. The molecule has 0 spiro atoms. The Morgan fingerprint density at radius 3 is 3.00 bits per heavy atom. The van der Waals surface area contributed by atoms with Gasteiger partial charge in [0.2, 0.25) is 0 Å². The third-order valence-electron chi connectivity index (χ3n) is 6.32. The van der Waals surface area contributed by atoms with Crippen molar-refractivity contribution in [3.05, 3.63) is 11.6 Å². The summed E-state index contributed by atoms with van der Waals surface area (Å²) in [5.74, 6) is 1.39. The fraction of sp³-hybridized carbons (Fsp3) is 0.833. The largest absolute Gasteiger partial charge is 0.468 e. The molecule has 0 amide bonds. The van der Waals surface area contributed by atoms with Gasteiger partial charge in [0, 0.05) is 18.6 Å². The van der Waals surface area contributed by atoms with Crippen LogP contribution in [0.2, 0.25) is 0 Å². The van der Waals surface area contributed by atoms with E-state index in [4.69, 9.17) is 4.74 Å². The van der Waals surface area contributed by atoms with Crippen LogP contribution in [0.15, 0.2) is 11.6 Å². The van der Waals surface area contributed by atoms with E-state index in [9.17, 15) is 4.79 Å². The third kappa shape index (κ3) is 3.24. The topological polar surface area (TPSA) is 32.8 Å². The van der Waals surface area contributed by atoms with Gasteiger partial charge in [-0.2, -0.15) is 0 Å². The first-order valence-electron chi connectivity index (χ1n) is 9.02. The molecule has 0 saturated carbocycles. The van der Waals surface area contributed by atoms with Crippen LogP contribution in [-0.4, -0.2) is 61.1 Å². The zero-order valence-corrected chi connectivity index (χ0v) is 15.8. The van der Waals surface area contributed by atoms with E-state index in [0.717, 1.165) is 18.5 Å². The minimum absolute atomic E-state index is 0. The molecular formula is C18H29BrN2O2. The zero-order chi connectivity index (χ0) is 15.1. The molecule has 4 unspecified atom stereocenters. The summed E-state index contributed by atoms with van der Waals surface area (Å²) in [5, 5.41) is 0. The fourth-order valence-electron chi connectivity index (χ4n) is 5.49. The van der Waals surface area contributed by atoms with Crippen LogP contribution in [0.25, 0.3) is 0 Å². The molecule has 1 aliphatic carbocycles. The maximum Gasteiger partial charge on any atom is 0.319 e. The van der Waals surface area contributed by atoms with Gasteiger partial charge in [0.25, 0.3) is 0 Å². The van der Waals surface area contributed by atoms with Gasteiger partial charge < -0.3 is 4.74 Å². The van der Waals surface area contributed by atoms with E-state index in [0.29, 0.717) is 18.5 Å². The predicted molar refractivity (Wildman–Crippen MR) is 95.8 cm³/mol. The lowest BCUT2D eigenvalue weighted by atomic mass is 9.68. The Balaban J connectivity index is 0.00000156. The summed E-state index contributed by atoms with van der Waals surface area (Å²) < 4.78 is 4.91. The molecule has 23 heavy (non-hydrogen) atoms. The highest BCUT2D eigenvalue weighted by Gasteiger charge is 2.46. The van der Waals surface area contributed by atoms with Crippen molar-refractivity contribution in [1.29, 1.82) is 0 Å². The minimum Gasteiger partial charge on any atom is -0.468 e. The quantitative estimate of drug-likeness (QED) is 0.541. The average molecular weight is 385 g/mol. The molecule has 0 N–H and O–H groups in total. The highest BCUT2D eigenvalue weighted by Crippen LogP contribution is 2.44. The van der Waals surface area contributed by atoms with Crippen molar-refractivity contribution in [2.24, 2.45) is 11.8 Å². The number of carbonyl (C=O) groups is 1. The number of halogens is 1. The molecule has 3 heterocycles. The van der Waals surface area contributed by atoms with Crippen LogP contribution in [-0.2, 0) is 9.53 Å². The van der Waals surface area contributed by atoms with Crippen molar-refractivity contribution in [3.8, 4) is 0 Å². The van der Waals surface area contributed by atoms with Crippen LogP contribution < -0.4 is 0 Å². The number of rotatable bonds is 2. The second-order valence-electron chi connectivity index (χ2n) is 7.55. The first-order chi connectivity index (χ1) is 10.8. The van der Waals surface area contributed by atoms with Gasteiger partial charge in [-0.25, -0.2) is 0 Å². The molecule has 0 aromatic heterocycles. The van der Waals surface area contributed by atoms with Gasteiger partial charge in [-0.3, -0.25) is 14.6 Å². The van der Waals surface area contributed by atoms with Crippen molar-refractivity contribution in [2.75, 3.05) is 33.3 Å². The van der Waals surface area contributed by atoms with E-state index in [1.54, 1.807) is 5.57 Å². The molecule has 4 nitrogen and oxygen atoms in total. The van der Waals surface area contributed by atoms with Crippen LogP contribution in [0.4, 0.5) is 0 Å². The highest BCUT2D eigenvalue weighted by atomic mass is 79.9. The summed E-state index contributed by atoms with van der Waals surface area (Å²) in [6.07, 6.45) is 10.5. The van der Waals surface area contributed by atoms with Crippen molar-refractivity contribution in [1.82, 2.24) is 9.80 Å². The molecule has 0 aromatic carbocycles. The van der Waals surface area contributed by atoms with E-state index in [-0.39, 0.29) is 23.0 Å². The van der Waals surface area contributed by atoms with E-state index < -0.39 is 0 Å². The van der Waals surface area contributed by atoms with E-state index >= 15 is 0 Å². The summed E-state index contributed by atoms with van der Waals surface area (Å²) in [7, 11) is 1.50. The Labute approximate surface area is 150 Å². The van der Waals surface area contributed by atoms with Gasteiger partial charge in [-0.15, -0.1) is 17.0 Å². The number of hydrogen-bond acceptors (Lipinski definition) is 4. The van der Waals surface area contributed by atoms with Crippen LogP contribution in [0, 0.1) is 11.8 Å². The molecule has 0 radical (unpaired) electrons. The van der Waals surface area contributed by atoms with Crippen LogP contribution in [0.5, 0.6) is 0 Å². The number of fused-ring (bicyclic) bond motifs is 6. The van der Waals surface area contributed by atoms with Crippen molar-refractivity contribution >= 4 is 23.0 Å². The number of piperidine rings is 3. The highest BCUT2D eigenvalue weighted by molar-refractivity contribution is 8.93. The molecular weight excluding hydrogens is 356 g/mol. The van der Waals surface area contributed by atoms with E-state index in [1.807, 2.05) is 0 Å². The molecule has 4 atom stereocenters. The molecule has 3 saturated heterocycles. The van der Waals surface area contributed by atoms with E-state index in [2.05, 4.69) is 15.9 Å². The fourth-order valence-corrected chi connectivity index (χ4v) is 5.49. The average Bonchev–Trinajstić information content (AvgIpc) is 2.55. The molecule has 3 aliphatic heterocycles. The number of carbonyl (C=O) groups excluding carboxylic acids is 1. The third-order valence-corrected chi connectivity index (χ3v) is 6.32. The Morgan fingerprint density at radius 1 is 1.30 bits per heavy atom. The number of hydrogen-bond donors (Lipinski definition) is 0. The Hall–Kier alpha value is -0.390. The summed E-state index contributed by atoms with van der Waals surface area (Å²) in [6.45, 7) is 4.02. The maximum absolute atomic E-state index is 11.8. The lowest BCUT2D eigenvalue weighted by Gasteiger charge is -2.54. The Morgan fingerprint density at radius 2 is 2.17 bits per heavy atom. The SMILES string of the molecule is Br.COC(=O)CN1CCCC2=CC3CC(CN4CCCCC34)C21. The standard InChI is InChI=1S/C18H28N2O2.BrH/c1-22-17(21)12-20-8-4-5-13-9-14-10-15(18(13)20)11-19-7-3-2-6-16(14)19;/h9,14-16,18H,2-8,10-12H2,1H3;1H. The van der Waals surface area contributed by atoms with Gasteiger partial charge in [0.1, 0.15) is 0 Å². The molecule has 130 valence electrons. The Kier molecular flexibility index (Phi) is 5.49. The first kappa shape index (κ1) is 17.4. The molecule has 4 aliphatic rings. The van der Waals surface area contributed by atoms with Crippen molar-refractivity contribution < 1.29 is 9.53 Å². The molecule has 5 heteroatoms. The number of ether oxygens (including phenoxy) is 1. The van der Waals surface area contributed by atoms with Crippen LogP contribution in [0.1, 0.15) is 38.5 Å². The zero-order valence-electron chi connectivity index (χ0n) is 14.1. The van der Waals surface area contributed by atoms with Gasteiger partial charge in [-0.1, -0.05) is 18.1 Å². The van der Waals surface area contributed by atoms with Crippen molar-refractivity contribution in [2.45, 2.75) is 50.6 Å². The lowest BCUT2D eigenvalue weighted by molar-refractivity contribution is -0.143. The molecule has 0 aromatic rings. The van der Waals surface area contributed by atoms with E-state index in [1.165, 1.54) is 58.7 Å². The predicted octanol–water partition coefficient (Wildman–Crippen LogP) is 2.63. The molecule has 2 bridgehead atoms. The smallest absolute Gasteiger partial charge is 0.319 e. The van der Waals surface area contributed by atoms with Crippen molar-refractivity contribution in [3.63, 3.8) is 0 Å². The first-order valence-corrected chi connectivity index (χ1v) is 9.02. The summed E-state index contributed by atoms with van der Waals surface area (Å²) in [6, 6.07) is 1.29. The number of nitrogens with zero attached hydrogens (tertiary/aromatic N) is 2. The van der Waals surface area contributed by atoms with Gasteiger partial charge in [-0.05, 0) is 57.0 Å². The minimum atomic E-state index is -0.0879. The second-order valence-corrected chi connectivity index (χ2v) is 7.55. The number of esters is 1. The monoisotopic (exact) mass is 384 g/mol. The van der Waals surface area contributed by atoms with Gasteiger partial charge in [0.05, 0.1) is 13.7 Å². The molecule has 3 fully saturated rings. The summed E-state index contributed by atoms with van der Waals surface area (Å²) >= 11 is 0. The van der Waals surface area contributed by atoms with Crippen LogP contribution in [0.3, 0.4) is 0 Å². The normalized spacial score (nSPS) is 37.0. The number of likely N-dealkylation sites (tertiary alicyclic amines) is 1.